The number of amides is 2. The van der Waals surface area contributed by atoms with Gasteiger partial charge in [-0.3, -0.25) is 4.79 Å². The molecule has 0 saturated carbocycles. The number of carbonyl (C=O) groups excluding carboxylic acids is 1. The highest BCUT2D eigenvalue weighted by molar-refractivity contribution is 7.09. The monoisotopic (exact) mass is 280 g/mol. The normalized spacial score (nSPS) is 9.68. The van der Waals surface area contributed by atoms with Crippen molar-refractivity contribution in [2.75, 3.05) is 26.7 Å². The average molecular weight is 280 g/mol. The number of nitrogens with zero attached hydrogens (tertiary/aromatic N) is 2. The first kappa shape index (κ1) is 15.1. The van der Waals surface area contributed by atoms with Gasteiger partial charge >= 0.3 is 12.0 Å². The summed E-state index contributed by atoms with van der Waals surface area (Å²) in [6.07, 6.45) is 5.89. The summed E-state index contributed by atoms with van der Waals surface area (Å²) in [5.74, 6) is 1.22. The maximum absolute atomic E-state index is 12.0. The second-order valence-corrected chi connectivity index (χ2v) is 5.02. The van der Waals surface area contributed by atoms with Crippen molar-refractivity contribution in [3.05, 3.63) is 22.4 Å². The smallest absolute Gasteiger partial charge is 0.323 e. The summed E-state index contributed by atoms with van der Waals surface area (Å²) in [6, 6.07) is 3.59. The molecular weight excluding hydrogens is 264 g/mol. The quantitative estimate of drug-likeness (QED) is 0.800. The number of aliphatic carboxylic acids is 1. The second kappa shape index (κ2) is 7.44. The number of likely N-dealkylation sites (N-methyl/N-ethyl adjacent to an activating group) is 1. The number of rotatable bonds is 6. The van der Waals surface area contributed by atoms with Crippen LogP contribution in [0.1, 0.15) is 4.88 Å². The van der Waals surface area contributed by atoms with Gasteiger partial charge < -0.3 is 14.9 Å². The summed E-state index contributed by atoms with van der Waals surface area (Å²) in [4.78, 5) is 26.5. The predicted molar refractivity (Wildman–Crippen MR) is 74.1 cm³/mol. The molecule has 0 aromatic carbocycles. The molecule has 1 aromatic heterocycles. The molecule has 0 saturated heterocycles. The maximum Gasteiger partial charge on any atom is 0.323 e. The predicted octanol–water partition coefficient (Wildman–Crippen LogP) is 1.36. The zero-order chi connectivity index (χ0) is 14.3. The summed E-state index contributed by atoms with van der Waals surface area (Å²) < 4.78 is 0. The zero-order valence-electron chi connectivity index (χ0n) is 10.7. The molecule has 0 atom stereocenters. The Morgan fingerprint density at radius 3 is 2.79 bits per heavy atom. The van der Waals surface area contributed by atoms with Crippen LogP contribution in [0.2, 0.25) is 0 Å². The number of carboxylic acid groups (broad SMARTS) is 1. The van der Waals surface area contributed by atoms with Crippen LogP contribution in [-0.2, 0) is 11.2 Å². The van der Waals surface area contributed by atoms with Crippen molar-refractivity contribution in [1.29, 1.82) is 0 Å². The summed E-state index contributed by atoms with van der Waals surface area (Å²) in [7, 11) is 1.64. The van der Waals surface area contributed by atoms with Crippen molar-refractivity contribution < 1.29 is 14.7 Å². The molecule has 0 spiro atoms. The molecule has 1 aromatic rings. The Morgan fingerprint density at radius 1 is 1.53 bits per heavy atom. The van der Waals surface area contributed by atoms with Gasteiger partial charge in [0.1, 0.15) is 6.54 Å². The van der Waals surface area contributed by atoms with Crippen LogP contribution in [0.15, 0.2) is 17.5 Å². The molecule has 0 bridgehead atoms. The van der Waals surface area contributed by atoms with E-state index in [-0.39, 0.29) is 19.1 Å². The Kier molecular flexibility index (Phi) is 5.90. The van der Waals surface area contributed by atoms with E-state index in [2.05, 4.69) is 5.92 Å². The van der Waals surface area contributed by atoms with E-state index in [0.717, 1.165) is 11.3 Å². The number of hydrogen-bond acceptors (Lipinski definition) is 3. The van der Waals surface area contributed by atoms with Gasteiger partial charge in [-0.05, 0) is 17.9 Å². The van der Waals surface area contributed by atoms with Gasteiger partial charge in [-0.15, -0.1) is 17.8 Å². The molecule has 0 fully saturated rings. The lowest BCUT2D eigenvalue weighted by molar-refractivity contribution is -0.137. The van der Waals surface area contributed by atoms with Crippen LogP contribution >= 0.6 is 11.3 Å². The highest BCUT2D eigenvalue weighted by Gasteiger charge is 2.19. The first-order chi connectivity index (χ1) is 9.04. The van der Waals surface area contributed by atoms with E-state index >= 15 is 0 Å². The van der Waals surface area contributed by atoms with Crippen molar-refractivity contribution in [2.45, 2.75) is 6.42 Å². The van der Waals surface area contributed by atoms with Gasteiger partial charge in [0.15, 0.2) is 0 Å². The Morgan fingerprint density at radius 2 is 2.26 bits per heavy atom. The molecule has 1 heterocycles. The van der Waals surface area contributed by atoms with Crippen molar-refractivity contribution >= 4 is 23.3 Å². The first-order valence-electron chi connectivity index (χ1n) is 5.72. The fourth-order valence-corrected chi connectivity index (χ4v) is 2.23. The van der Waals surface area contributed by atoms with Crippen molar-refractivity contribution in [1.82, 2.24) is 9.80 Å². The van der Waals surface area contributed by atoms with E-state index in [1.165, 1.54) is 9.78 Å². The standard InChI is InChI=1S/C13H16N2O3S/c1-3-7-15(10-12(16)17)13(18)14(2)8-6-11-5-4-9-19-11/h1,4-5,9H,6-8,10H2,2H3,(H,16,17). The minimum Gasteiger partial charge on any atom is -0.480 e. The third-order valence-electron chi connectivity index (χ3n) is 2.48. The number of thiophene rings is 1. The van der Waals surface area contributed by atoms with Crippen molar-refractivity contribution in [2.24, 2.45) is 0 Å². The largest absolute Gasteiger partial charge is 0.480 e. The third kappa shape index (κ3) is 5.02. The van der Waals surface area contributed by atoms with Gasteiger partial charge in [0.05, 0.1) is 6.54 Å². The molecule has 19 heavy (non-hydrogen) atoms. The van der Waals surface area contributed by atoms with Crippen LogP contribution in [0.25, 0.3) is 0 Å². The van der Waals surface area contributed by atoms with E-state index in [1.807, 2.05) is 17.5 Å². The summed E-state index contributed by atoms with van der Waals surface area (Å²) in [6.45, 7) is 0.140. The van der Waals surface area contributed by atoms with Gasteiger partial charge in [0, 0.05) is 18.5 Å². The highest BCUT2D eigenvalue weighted by atomic mass is 32.1. The fourth-order valence-electron chi connectivity index (χ4n) is 1.53. The van der Waals surface area contributed by atoms with E-state index in [1.54, 1.807) is 18.4 Å². The number of terminal acetylenes is 1. The average Bonchev–Trinajstić information content (AvgIpc) is 2.87. The Balaban J connectivity index is 2.52. The Hall–Kier alpha value is -2.00. The number of urea groups is 1. The van der Waals surface area contributed by atoms with E-state index in [0.29, 0.717) is 6.54 Å². The van der Waals surface area contributed by atoms with Crippen LogP contribution in [-0.4, -0.2) is 53.6 Å². The van der Waals surface area contributed by atoms with Gasteiger partial charge in [-0.2, -0.15) is 0 Å². The Labute approximate surface area is 116 Å². The summed E-state index contributed by atoms with van der Waals surface area (Å²) >= 11 is 1.63. The van der Waals surface area contributed by atoms with Crippen LogP contribution in [0.4, 0.5) is 4.79 Å². The molecule has 0 radical (unpaired) electrons. The number of carbonyl (C=O) groups is 2. The molecule has 0 aliphatic rings. The van der Waals surface area contributed by atoms with Gasteiger partial charge in [-0.1, -0.05) is 12.0 Å². The summed E-state index contributed by atoms with van der Waals surface area (Å²) in [5, 5.41) is 10.7. The van der Waals surface area contributed by atoms with Crippen LogP contribution in [0.5, 0.6) is 0 Å². The molecule has 1 rings (SSSR count). The molecule has 0 unspecified atom stereocenters. The lowest BCUT2D eigenvalue weighted by Gasteiger charge is -2.25. The van der Waals surface area contributed by atoms with Crippen LogP contribution < -0.4 is 0 Å². The van der Waals surface area contributed by atoms with Crippen LogP contribution in [0.3, 0.4) is 0 Å². The molecule has 0 aliphatic carbocycles. The van der Waals surface area contributed by atoms with Gasteiger partial charge in [0.25, 0.3) is 0 Å². The minimum absolute atomic E-state index is 0.00548. The van der Waals surface area contributed by atoms with Crippen molar-refractivity contribution in [3.63, 3.8) is 0 Å². The first-order valence-corrected chi connectivity index (χ1v) is 6.60. The van der Waals surface area contributed by atoms with E-state index in [9.17, 15) is 9.59 Å². The van der Waals surface area contributed by atoms with Gasteiger partial charge in [-0.25, -0.2) is 4.79 Å². The summed E-state index contributed by atoms with van der Waals surface area (Å²) in [5.41, 5.74) is 0. The lowest BCUT2D eigenvalue weighted by Crippen LogP contribution is -2.44. The maximum atomic E-state index is 12.0. The molecule has 6 heteroatoms. The number of hydrogen-bond donors (Lipinski definition) is 1. The Bertz CT molecular complexity index is 465. The fraction of sp³-hybridized carbons (Fsp3) is 0.385. The van der Waals surface area contributed by atoms with Crippen LogP contribution in [0, 0.1) is 12.3 Å². The third-order valence-corrected chi connectivity index (χ3v) is 3.42. The molecular formula is C13H16N2O3S. The topological polar surface area (TPSA) is 60.9 Å². The van der Waals surface area contributed by atoms with Gasteiger partial charge in [0.2, 0.25) is 0 Å². The lowest BCUT2D eigenvalue weighted by atomic mass is 10.3. The van der Waals surface area contributed by atoms with E-state index in [4.69, 9.17) is 11.5 Å². The second-order valence-electron chi connectivity index (χ2n) is 3.99. The molecule has 102 valence electrons. The minimum atomic E-state index is -1.07. The van der Waals surface area contributed by atoms with E-state index < -0.39 is 5.97 Å². The SMILES string of the molecule is C#CCN(CC(=O)O)C(=O)N(C)CCc1cccs1. The molecule has 2 amide bonds. The molecule has 1 N–H and O–H groups in total. The zero-order valence-corrected chi connectivity index (χ0v) is 11.5. The molecule has 5 nitrogen and oxygen atoms in total. The van der Waals surface area contributed by atoms with Crippen molar-refractivity contribution in [3.8, 4) is 12.3 Å². The number of carboxylic acids is 1. The highest BCUT2D eigenvalue weighted by Crippen LogP contribution is 2.10. The molecule has 0 aliphatic heterocycles.